The van der Waals surface area contributed by atoms with Gasteiger partial charge in [0.2, 0.25) is 0 Å². The number of aryl methyl sites for hydroxylation is 2. The first-order valence-electron chi connectivity index (χ1n) is 5.85. The van der Waals surface area contributed by atoms with Crippen molar-refractivity contribution in [1.29, 1.82) is 0 Å². The molecular formula is C12H18N4S. The Morgan fingerprint density at radius 3 is 2.88 bits per heavy atom. The summed E-state index contributed by atoms with van der Waals surface area (Å²) in [6.07, 6.45) is 6.81. The van der Waals surface area contributed by atoms with Crippen LogP contribution in [0, 0.1) is 0 Å². The highest BCUT2D eigenvalue weighted by Gasteiger charge is 2.10. The molecule has 0 amide bonds. The van der Waals surface area contributed by atoms with Crippen LogP contribution >= 0.6 is 11.3 Å². The van der Waals surface area contributed by atoms with E-state index < -0.39 is 0 Å². The van der Waals surface area contributed by atoms with Gasteiger partial charge in [0.25, 0.3) is 0 Å². The predicted octanol–water partition coefficient (Wildman–Crippen LogP) is 2.29. The van der Waals surface area contributed by atoms with Crippen LogP contribution in [0.2, 0.25) is 0 Å². The van der Waals surface area contributed by atoms with Crippen LogP contribution in [0.4, 0.5) is 0 Å². The third-order valence-electron chi connectivity index (χ3n) is 2.78. The highest BCUT2D eigenvalue weighted by atomic mass is 32.1. The molecule has 4 nitrogen and oxygen atoms in total. The van der Waals surface area contributed by atoms with Crippen LogP contribution in [-0.2, 0) is 20.0 Å². The summed E-state index contributed by atoms with van der Waals surface area (Å²) in [7, 11) is 2.01. The van der Waals surface area contributed by atoms with E-state index in [9.17, 15) is 0 Å². The van der Waals surface area contributed by atoms with Crippen LogP contribution in [-0.4, -0.2) is 14.5 Å². The molecular weight excluding hydrogens is 232 g/mol. The largest absolute Gasteiger partial charge is 0.337 e. The predicted molar refractivity (Wildman–Crippen MR) is 70.0 cm³/mol. The second-order valence-corrected chi connectivity index (χ2v) is 5.22. The van der Waals surface area contributed by atoms with Crippen molar-refractivity contribution in [3.63, 3.8) is 0 Å². The molecule has 17 heavy (non-hydrogen) atoms. The molecule has 2 heterocycles. The molecule has 0 spiro atoms. The van der Waals surface area contributed by atoms with E-state index >= 15 is 0 Å². The average Bonchev–Trinajstić information content (AvgIpc) is 2.94. The summed E-state index contributed by atoms with van der Waals surface area (Å²) >= 11 is 1.78. The zero-order valence-corrected chi connectivity index (χ0v) is 11.3. The summed E-state index contributed by atoms with van der Waals surface area (Å²) in [5, 5.41) is 4.59. The molecule has 0 aromatic carbocycles. The Morgan fingerprint density at radius 2 is 2.29 bits per heavy atom. The number of hydrogen-bond donors (Lipinski definition) is 1. The lowest BCUT2D eigenvalue weighted by Crippen LogP contribution is -2.19. The molecule has 0 aliphatic carbocycles. The number of thiazole rings is 1. The van der Waals surface area contributed by atoms with Gasteiger partial charge in [-0.2, -0.15) is 0 Å². The Morgan fingerprint density at radius 1 is 1.47 bits per heavy atom. The smallest absolute Gasteiger partial charge is 0.122 e. The molecule has 92 valence electrons. The minimum absolute atomic E-state index is 0.275. The van der Waals surface area contributed by atoms with Crippen LogP contribution in [0.15, 0.2) is 18.6 Å². The van der Waals surface area contributed by atoms with Gasteiger partial charge in [0.1, 0.15) is 10.8 Å². The lowest BCUT2D eigenvalue weighted by molar-refractivity contribution is 0.547. The third-order valence-corrected chi connectivity index (χ3v) is 4.10. The number of imidazole rings is 1. The van der Waals surface area contributed by atoms with Gasteiger partial charge in [-0.05, 0) is 13.3 Å². The molecule has 0 bridgehead atoms. The first-order valence-corrected chi connectivity index (χ1v) is 6.66. The van der Waals surface area contributed by atoms with Gasteiger partial charge in [-0.25, -0.2) is 9.97 Å². The third kappa shape index (κ3) is 2.92. The van der Waals surface area contributed by atoms with Crippen molar-refractivity contribution in [3.8, 4) is 0 Å². The molecule has 0 saturated carbocycles. The second kappa shape index (κ2) is 5.42. The molecule has 0 aliphatic heterocycles. The fourth-order valence-electron chi connectivity index (χ4n) is 1.58. The van der Waals surface area contributed by atoms with E-state index in [0.717, 1.165) is 23.8 Å². The molecule has 5 heteroatoms. The first kappa shape index (κ1) is 12.3. The topological polar surface area (TPSA) is 42.7 Å². The van der Waals surface area contributed by atoms with Gasteiger partial charge in [-0.15, -0.1) is 11.3 Å². The van der Waals surface area contributed by atoms with Crippen LogP contribution in [0.3, 0.4) is 0 Å². The van der Waals surface area contributed by atoms with Gasteiger partial charge < -0.3 is 9.88 Å². The molecule has 1 N–H and O–H groups in total. The fourth-order valence-corrected chi connectivity index (χ4v) is 2.47. The van der Waals surface area contributed by atoms with Crippen molar-refractivity contribution in [2.24, 2.45) is 7.05 Å². The normalized spacial score (nSPS) is 12.9. The van der Waals surface area contributed by atoms with Gasteiger partial charge in [0.05, 0.1) is 12.6 Å². The van der Waals surface area contributed by atoms with Crippen LogP contribution in [0.1, 0.15) is 35.6 Å². The van der Waals surface area contributed by atoms with Gasteiger partial charge in [-0.1, -0.05) is 6.92 Å². The maximum atomic E-state index is 4.44. The molecule has 1 unspecified atom stereocenters. The van der Waals surface area contributed by atoms with E-state index in [4.69, 9.17) is 0 Å². The van der Waals surface area contributed by atoms with Crippen LogP contribution < -0.4 is 5.32 Å². The van der Waals surface area contributed by atoms with Crippen molar-refractivity contribution in [1.82, 2.24) is 19.9 Å². The van der Waals surface area contributed by atoms with Gasteiger partial charge in [-0.3, -0.25) is 0 Å². The number of rotatable bonds is 5. The Bertz CT molecular complexity index is 474. The standard InChI is InChI=1S/C12H18N4S/c1-4-10-7-15-12(17-10)9(2)14-8-11-13-5-6-16(11)3/h5-7,9,14H,4,8H2,1-3H3. The second-order valence-electron chi connectivity index (χ2n) is 4.08. The molecule has 0 radical (unpaired) electrons. The molecule has 0 saturated heterocycles. The van der Waals surface area contributed by atoms with Crippen molar-refractivity contribution < 1.29 is 0 Å². The highest BCUT2D eigenvalue weighted by molar-refractivity contribution is 7.11. The summed E-state index contributed by atoms with van der Waals surface area (Å²) in [6, 6.07) is 0.275. The molecule has 2 rings (SSSR count). The van der Waals surface area contributed by atoms with E-state index in [0.29, 0.717) is 0 Å². The summed E-state index contributed by atoms with van der Waals surface area (Å²) in [5.74, 6) is 1.05. The lowest BCUT2D eigenvalue weighted by Gasteiger charge is -2.10. The maximum absolute atomic E-state index is 4.44. The maximum Gasteiger partial charge on any atom is 0.122 e. The number of nitrogens with zero attached hydrogens (tertiary/aromatic N) is 3. The van der Waals surface area contributed by atoms with Crippen molar-refractivity contribution >= 4 is 11.3 Å². The average molecular weight is 250 g/mol. The zero-order valence-electron chi connectivity index (χ0n) is 10.5. The van der Waals surface area contributed by atoms with E-state index in [1.165, 1.54) is 4.88 Å². The number of nitrogens with one attached hydrogen (secondary N) is 1. The highest BCUT2D eigenvalue weighted by Crippen LogP contribution is 2.20. The van der Waals surface area contributed by atoms with E-state index in [1.807, 2.05) is 30.2 Å². The van der Waals surface area contributed by atoms with Crippen LogP contribution in [0.5, 0.6) is 0 Å². The fraction of sp³-hybridized carbons (Fsp3) is 0.500. The van der Waals surface area contributed by atoms with Gasteiger partial charge in [0, 0.05) is 30.5 Å². The quantitative estimate of drug-likeness (QED) is 0.885. The molecule has 1 atom stereocenters. The zero-order chi connectivity index (χ0) is 12.3. The van der Waals surface area contributed by atoms with Crippen molar-refractivity contribution in [3.05, 3.63) is 34.3 Å². The molecule has 0 fully saturated rings. The lowest BCUT2D eigenvalue weighted by atomic mass is 10.3. The van der Waals surface area contributed by atoms with Crippen molar-refractivity contribution in [2.45, 2.75) is 32.9 Å². The number of hydrogen-bond acceptors (Lipinski definition) is 4. The Kier molecular flexibility index (Phi) is 3.91. The summed E-state index contributed by atoms with van der Waals surface area (Å²) < 4.78 is 2.03. The molecule has 0 aliphatic rings. The van der Waals surface area contributed by atoms with E-state index in [-0.39, 0.29) is 6.04 Å². The number of aromatic nitrogens is 3. The van der Waals surface area contributed by atoms with Gasteiger partial charge >= 0.3 is 0 Å². The van der Waals surface area contributed by atoms with E-state index in [1.54, 1.807) is 11.3 Å². The van der Waals surface area contributed by atoms with Crippen LogP contribution in [0.25, 0.3) is 0 Å². The molecule has 2 aromatic heterocycles. The Labute approximate surface area is 106 Å². The minimum Gasteiger partial charge on any atom is -0.337 e. The SMILES string of the molecule is CCc1cnc(C(C)NCc2nccn2C)s1. The monoisotopic (exact) mass is 250 g/mol. The van der Waals surface area contributed by atoms with Crippen molar-refractivity contribution in [2.75, 3.05) is 0 Å². The Hall–Kier alpha value is -1.20. The minimum atomic E-state index is 0.275. The Balaban J connectivity index is 1.93. The van der Waals surface area contributed by atoms with Gasteiger partial charge in [0.15, 0.2) is 0 Å². The summed E-state index contributed by atoms with van der Waals surface area (Å²) in [6.45, 7) is 5.07. The first-order chi connectivity index (χ1) is 8.20. The molecule has 2 aromatic rings. The summed E-state index contributed by atoms with van der Waals surface area (Å²) in [4.78, 5) is 10.1. The van der Waals surface area contributed by atoms with E-state index in [2.05, 4.69) is 29.1 Å². The summed E-state index contributed by atoms with van der Waals surface area (Å²) in [5.41, 5.74) is 0.